The average molecular weight is 258 g/mol. The molecule has 1 aliphatic carbocycles. The lowest BCUT2D eigenvalue weighted by molar-refractivity contribution is 0.140. The van der Waals surface area contributed by atoms with Gasteiger partial charge in [0.1, 0.15) is 11.3 Å². The van der Waals surface area contributed by atoms with Gasteiger partial charge in [0.05, 0.1) is 11.7 Å². The van der Waals surface area contributed by atoms with E-state index in [1.54, 1.807) is 0 Å². The molecular formula is C15H22N4. The van der Waals surface area contributed by atoms with E-state index in [-0.39, 0.29) is 0 Å². The van der Waals surface area contributed by atoms with Gasteiger partial charge in [-0.1, -0.05) is 13.3 Å². The molecule has 102 valence electrons. The summed E-state index contributed by atoms with van der Waals surface area (Å²) in [5, 5.41) is 0. The zero-order chi connectivity index (χ0) is 13.3. The number of imidazole rings is 1. The third kappa shape index (κ3) is 2.14. The number of nitrogens with two attached hydrogens (primary N) is 1. The Balaban J connectivity index is 1.99. The van der Waals surface area contributed by atoms with Gasteiger partial charge in [0.25, 0.3) is 0 Å². The molecule has 1 aliphatic rings. The molecule has 2 aromatic rings. The highest BCUT2D eigenvalue weighted by Crippen LogP contribution is 2.42. The summed E-state index contributed by atoms with van der Waals surface area (Å²) < 4.78 is 2.35. The summed E-state index contributed by atoms with van der Waals surface area (Å²) in [6, 6.07) is 2.07. The summed E-state index contributed by atoms with van der Waals surface area (Å²) in [6.45, 7) is 4.01. The Kier molecular flexibility index (Phi) is 3.27. The van der Waals surface area contributed by atoms with Crippen molar-refractivity contribution in [3.63, 3.8) is 0 Å². The quantitative estimate of drug-likeness (QED) is 0.896. The van der Waals surface area contributed by atoms with Gasteiger partial charge in [-0.2, -0.15) is 0 Å². The van der Waals surface area contributed by atoms with Crippen LogP contribution in [0.1, 0.15) is 38.4 Å². The van der Waals surface area contributed by atoms with Crippen molar-refractivity contribution in [1.29, 1.82) is 0 Å². The SMILES string of the molecule is CCCn1c(CC2(CN)CCC2)nc2cnccc21. The van der Waals surface area contributed by atoms with Gasteiger partial charge in [0.15, 0.2) is 0 Å². The molecule has 2 heterocycles. The topological polar surface area (TPSA) is 56.7 Å². The van der Waals surface area contributed by atoms with E-state index in [9.17, 15) is 0 Å². The third-order valence-corrected chi connectivity index (χ3v) is 4.46. The van der Waals surface area contributed by atoms with Crippen LogP contribution in [0.4, 0.5) is 0 Å². The van der Waals surface area contributed by atoms with Gasteiger partial charge < -0.3 is 10.3 Å². The first-order chi connectivity index (χ1) is 9.28. The van der Waals surface area contributed by atoms with Crippen LogP contribution in [0.25, 0.3) is 11.0 Å². The predicted octanol–water partition coefficient (Wildman–Crippen LogP) is 2.51. The van der Waals surface area contributed by atoms with Crippen LogP contribution in [-0.4, -0.2) is 21.1 Å². The van der Waals surface area contributed by atoms with Gasteiger partial charge in [-0.05, 0) is 37.3 Å². The number of hydrogen-bond donors (Lipinski definition) is 1. The maximum Gasteiger partial charge on any atom is 0.110 e. The summed E-state index contributed by atoms with van der Waals surface area (Å²) in [4.78, 5) is 8.97. The molecule has 0 unspecified atom stereocenters. The zero-order valence-corrected chi connectivity index (χ0v) is 11.6. The molecule has 2 N–H and O–H groups in total. The molecule has 0 spiro atoms. The normalized spacial score (nSPS) is 17.6. The molecule has 0 amide bonds. The number of aryl methyl sites for hydroxylation is 1. The second-order valence-electron chi connectivity index (χ2n) is 5.78. The van der Waals surface area contributed by atoms with Crippen molar-refractivity contribution in [1.82, 2.24) is 14.5 Å². The van der Waals surface area contributed by atoms with Crippen molar-refractivity contribution in [2.24, 2.45) is 11.1 Å². The lowest BCUT2D eigenvalue weighted by Crippen LogP contribution is -2.39. The Morgan fingerprint density at radius 1 is 1.42 bits per heavy atom. The summed E-state index contributed by atoms with van der Waals surface area (Å²) >= 11 is 0. The predicted molar refractivity (Wildman–Crippen MR) is 76.9 cm³/mol. The Bertz CT molecular complexity index is 563. The molecular weight excluding hydrogens is 236 g/mol. The fourth-order valence-electron chi connectivity index (χ4n) is 3.10. The molecule has 2 aromatic heterocycles. The van der Waals surface area contributed by atoms with Crippen molar-refractivity contribution in [2.75, 3.05) is 6.54 Å². The van der Waals surface area contributed by atoms with E-state index in [0.717, 1.165) is 31.4 Å². The van der Waals surface area contributed by atoms with Crippen molar-refractivity contribution < 1.29 is 0 Å². The van der Waals surface area contributed by atoms with Crippen molar-refractivity contribution >= 4 is 11.0 Å². The lowest BCUT2D eigenvalue weighted by Gasteiger charge is -2.40. The summed E-state index contributed by atoms with van der Waals surface area (Å²) in [7, 11) is 0. The Morgan fingerprint density at radius 2 is 2.26 bits per heavy atom. The molecule has 0 aromatic carbocycles. The third-order valence-electron chi connectivity index (χ3n) is 4.46. The first kappa shape index (κ1) is 12.6. The van der Waals surface area contributed by atoms with E-state index >= 15 is 0 Å². The highest BCUT2D eigenvalue weighted by Gasteiger charge is 2.37. The van der Waals surface area contributed by atoms with E-state index in [1.807, 2.05) is 12.4 Å². The molecule has 4 heteroatoms. The van der Waals surface area contributed by atoms with Crippen LogP contribution >= 0.6 is 0 Å². The maximum absolute atomic E-state index is 5.99. The maximum atomic E-state index is 5.99. The zero-order valence-electron chi connectivity index (χ0n) is 11.6. The molecule has 4 nitrogen and oxygen atoms in total. The van der Waals surface area contributed by atoms with Gasteiger partial charge in [-0.3, -0.25) is 4.98 Å². The van der Waals surface area contributed by atoms with Crippen LogP contribution in [0.3, 0.4) is 0 Å². The number of pyridine rings is 1. The van der Waals surface area contributed by atoms with E-state index in [1.165, 1.54) is 30.6 Å². The van der Waals surface area contributed by atoms with E-state index in [0.29, 0.717) is 5.41 Å². The first-order valence-corrected chi connectivity index (χ1v) is 7.27. The molecule has 0 aliphatic heterocycles. The first-order valence-electron chi connectivity index (χ1n) is 7.27. The molecule has 1 fully saturated rings. The Labute approximate surface area is 114 Å². The second-order valence-corrected chi connectivity index (χ2v) is 5.78. The van der Waals surface area contributed by atoms with Gasteiger partial charge >= 0.3 is 0 Å². The minimum atomic E-state index is 0.306. The van der Waals surface area contributed by atoms with Crippen LogP contribution < -0.4 is 5.73 Å². The van der Waals surface area contributed by atoms with Gasteiger partial charge in [0.2, 0.25) is 0 Å². The Morgan fingerprint density at radius 3 is 2.89 bits per heavy atom. The number of hydrogen-bond acceptors (Lipinski definition) is 3. The molecule has 19 heavy (non-hydrogen) atoms. The minimum absolute atomic E-state index is 0.306. The van der Waals surface area contributed by atoms with Crippen LogP contribution in [0, 0.1) is 5.41 Å². The van der Waals surface area contributed by atoms with Crippen LogP contribution in [0.2, 0.25) is 0 Å². The number of nitrogens with zero attached hydrogens (tertiary/aromatic N) is 3. The van der Waals surface area contributed by atoms with Crippen molar-refractivity contribution in [3.05, 3.63) is 24.3 Å². The van der Waals surface area contributed by atoms with Crippen LogP contribution in [0.15, 0.2) is 18.5 Å². The molecule has 0 radical (unpaired) electrons. The highest BCUT2D eigenvalue weighted by molar-refractivity contribution is 5.74. The average Bonchev–Trinajstić information content (AvgIpc) is 2.73. The largest absolute Gasteiger partial charge is 0.330 e. The fraction of sp³-hybridized carbons (Fsp3) is 0.600. The van der Waals surface area contributed by atoms with Gasteiger partial charge in [0, 0.05) is 19.2 Å². The number of fused-ring (bicyclic) bond motifs is 1. The van der Waals surface area contributed by atoms with E-state index < -0.39 is 0 Å². The van der Waals surface area contributed by atoms with E-state index in [2.05, 4.69) is 22.5 Å². The molecule has 3 rings (SSSR count). The molecule has 0 saturated heterocycles. The summed E-state index contributed by atoms with van der Waals surface area (Å²) in [5.41, 5.74) is 8.51. The summed E-state index contributed by atoms with van der Waals surface area (Å²) in [5.74, 6) is 1.19. The van der Waals surface area contributed by atoms with Crippen LogP contribution in [0.5, 0.6) is 0 Å². The smallest absolute Gasteiger partial charge is 0.110 e. The van der Waals surface area contributed by atoms with Gasteiger partial charge in [-0.25, -0.2) is 4.98 Å². The number of aromatic nitrogens is 3. The molecule has 1 saturated carbocycles. The van der Waals surface area contributed by atoms with Crippen LogP contribution in [-0.2, 0) is 13.0 Å². The highest BCUT2D eigenvalue weighted by atomic mass is 15.1. The fourth-order valence-corrected chi connectivity index (χ4v) is 3.10. The summed E-state index contributed by atoms with van der Waals surface area (Å²) in [6.07, 6.45) is 9.65. The molecule has 0 bridgehead atoms. The lowest BCUT2D eigenvalue weighted by atomic mass is 9.66. The molecule has 0 atom stereocenters. The van der Waals surface area contributed by atoms with Crippen molar-refractivity contribution in [3.8, 4) is 0 Å². The second kappa shape index (κ2) is 4.93. The van der Waals surface area contributed by atoms with E-state index in [4.69, 9.17) is 10.7 Å². The Hall–Kier alpha value is -1.42. The van der Waals surface area contributed by atoms with Crippen molar-refractivity contribution in [2.45, 2.75) is 45.6 Å². The number of rotatable bonds is 5. The monoisotopic (exact) mass is 258 g/mol. The minimum Gasteiger partial charge on any atom is -0.330 e. The van der Waals surface area contributed by atoms with Gasteiger partial charge in [-0.15, -0.1) is 0 Å². The standard InChI is InChI=1S/C15H22N4/c1-2-8-19-13-4-7-17-10-12(13)18-14(19)9-15(11-16)5-3-6-15/h4,7,10H,2-3,5-6,8-9,11,16H2,1H3.